The molecule has 1 unspecified atom stereocenters. The maximum atomic E-state index is 5.58. The Morgan fingerprint density at radius 2 is 2.06 bits per heavy atom. The lowest BCUT2D eigenvalue weighted by Crippen LogP contribution is -2.37. The summed E-state index contributed by atoms with van der Waals surface area (Å²) in [5.41, 5.74) is 4.24. The van der Waals surface area contributed by atoms with Crippen molar-refractivity contribution < 1.29 is 4.74 Å². The molecule has 1 aromatic rings. The Morgan fingerprint density at radius 3 is 2.61 bits per heavy atom. The third-order valence-electron chi connectivity index (χ3n) is 2.84. The maximum Gasteiger partial charge on any atom is 0.118 e. The number of hydrazine groups is 1. The number of hydrogen-bond donors (Lipinski definition) is 2. The second-order valence-corrected chi connectivity index (χ2v) is 5.48. The van der Waals surface area contributed by atoms with E-state index in [1.165, 1.54) is 17.7 Å². The number of thioether (sulfide) groups is 1. The fourth-order valence-corrected chi connectivity index (χ4v) is 2.72. The van der Waals surface area contributed by atoms with Crippen LogP contribution in [0.2, 0.25) is 0 Å². The van der Waals surface area contributed by atoms with Crippen molar-refractivity contribution in [3.63, 3.8) is 0 Å². The van der Waals surface area contributed by atoms with Gasteiger partial charge in [-0.25, -0.2) is 0 Å². The second kappa shape index (κ2) is 9.25. The summed E-state index contributed by atoms with van der Waals surface area (Å²) in [7, 11) is 1.69. The minimum Gasteiger partial charge on any atom is -0.497 e. The van der Waals surface area contributed by atoms with Crippen LogP contribution in [0.25, 0.3) is 0 Å². The number of nitrogens with two attached hydrogens (primary N) is 1. The first-order valence-corrected chi connectivity index (χ1v) is 7.62. The zero-order valence-corrected chi connectivity index (χ0v) is 12.1. The molecule has 18 heavy (non-hydrogen) atoms. The molecule has 0 bridgehead atoms. The van der Waals surface area contributed by atoms with Gasteiger partial charge in [-0.05, 0) is 42.7 Å². The number of aryl methyl sites for hydroxylation is 1. The highest BCUT2D eigenvalue weighted by molar-refractivity contribution is 7.99. The maximum absolute atomic E-state index is 5.58. The van der Waals surface area contributed by atoms with Crippen LogP contribution in [0.15, 0.2) is 24.3 Å². The molecule has 1 rings (SSSR count). The third-order valence-corrected chi connectivity index (χ3v) is 4.18. The van der Waals surface area contributed by atoms with Crippen LogP contribution in [-0.2, 0) is 6.42 Å². The Bertz CT molecular complexity index is 316. The molecule has 0 spiro atoms. The highest BCUT2D eigenvalue weighted by Crippen LogP contribution is 2.14. The van der Waals surface area contributed by atoms with E-state index in [1.54, 1.807) is 7.11 Å². The fraction of sp³-hybridized carbons (Fsp3) is 0.571. The fourth-order valence-electron chi connectivity index (χ4n) is 1.72. The molecule has 4 heteroatoms. The van der Waals surface area contributed by atoms with Gasteiger partial charge in [0, 0.05) is 11.8 Å². The van der Waals surface area contributed by atoms with Crippen molar-refractivity contribution >= 4 is 11.8 Å². The molecule has 0 aliphatic carbocycles. The first kappa shape index (κ1) is 15.3. The molecule has 0 aliphatic heterocycles. The Balaban J connectivity index is 2.32. The Morgan fingerprint density at radius 1 is 1.33 bits per heavy atom. The highest BCUT2D eigenvalue weighted by atomic mass is 32.2. The van der Waals surface area contributed by atoms with Crippen molar-refractivity contribution in [3.05, 3.63) is 29.8 Å². The summed E-state index contributed by atoms with van der Waals surface area (Å²) in [6, 6.07) is 8.64. The van der Waals surface area contributed by atoms with Crippen LogP contribution in [0.3, 0.4) is 0 Å². The average Bonchev–Trinajstić information content (AvgIpc) is 2.43. The van der Waals surface area contributed by atoms with Crippen LogP contribution in [-0.4, -0.2) is 24.7 Å². The molecule has 0 fully saturated rings. The summed E-state index contributed by atoms with van der Waals surface area (Å²) >= 11 is 1.96. The third kappa shape index (κ3) is 5.76. The summed E-state index contributed by atoms with van der Waals surface area (Å²) in [6.07, 6.45) is 3.34. The molecule has 0 saturated heterocycles. The highest BCUT2D eigenvalue weighted by Gasteiger charge is 2.06. The van der Waals surface area contributed by atoms with E-state index >= 15 is 0 Å². The molecule has 0 aromatic heterocycles. The topological polar surface area (TPSA) is 47.3 Å². The van der Waals surface area contributed by atoms with E-state index in [2.05, 4.69) is 24.5 Å². The minimum atomic E-state index is 0.392. The van der Waals surface area contributed by atoms with Crippen molar-refractivity contribution in [2.24, 2.45) is 5.84 Å². The molecular formula is C14H24N2OS. The molecule has 0 heterocycles. The number of methoxy groups -OCH3 is 1. The van der Waals surface area contributed by atoms with Gasteiger partial charge in [0.05, 0.1) is 7.11 Å². The molecule has 1 atom stereocenters. The van der Waals surface area contributed by atoms with Crippen LogP contribution in [0.5, 0.6) is 5.75 Å². The van der Waals surface area contributed by atoms with Gasteiger partial charge in [0.2, 0.25) is 0 Å². The van der Waals surface area contributed by atoms with E-state index < -0.39 is 0 Å². The number of rotatable bonds is 9. The number of nitrogens with one attached hydrogen (secondary N) is 1. The van der Waals surface area contributed by atoms with E-state index in [-0.39, 0.29) is 0 Å². The van der Waals surface area contributed by atoms with E-state index in [1.807, 2.05) is 23.9 Å². The lowest BCUT2D eigenvalue weighted by Gasteiger charge is -2.15. The summed E-state index contributed by atoms with van der Waals surface area (Å²) in [6.45, 7) is 2.20. The van der Waals surface area contributed by atoms with Gasteiger partial charge in [-0.2, -0.15) is 11.8 Å². The van der Waals surface area contributed by atoms with Crippen LogP contribution in [0.4, 0.5) is 0 Å². The van der Waals surface area contributed by atoms with Crippen LogP contribution < -0.4 is 16.0 Å². The van der Waals surface area contributed by atoms with Gasteiger partial charge < -0.3 is 4.74 Å². The van der Waals surface area contributed by atoms with Crippen molar-refractivity contribution in [1.29, 1.82) is 0 Å². The molecule has 3 N–H and O–H groups in total. The van der Waals surface area contributed by atoms with Gasteiger partial charge >= 0.3 is 0 Å². The van der Waals surface area contributed by atoms with Crippen LogP contribution in [0, 0.1) is 0 Å². The minimum absolute atomic E-state index is 0.392. The standard InChI is InChI=1S/C14H24N2OS/c1-3-10-18-11-13(16-15)7-4-12-5-8-14(17-2)9-6-12/h5-6,8-9,13,16H,3-4,7,10-11,15H2,1-2H3. The van der Waals surface area contributed by atoms with Crippen LogP contribution >= 0.6 is 11.8 Å². The normalized spacial score (nSPS) is 12.4. The molecule has 1 aromatic carbocycles. The smallest absolute Gasteiger partial charge is 0.118 e. The summed E-state index contributed by atoms with van der Waals surface area (Å²) in [5, 5.41) is 0. The molecular weight excluding hydrogens is 244 g/mol. The largest absolute Gasteiger partial charge is 0.497 e. The van der Waals surface area contributed by atoms with Crippen molar-refractivity contribution in [2.45, 2.75) is 32.2 Å². The zero-order chi connectivity index (χ0) is 13.2. The SMILES string of the molecule is CCCSCC(CCc1ccc(OC)cc1)NN. The molecule has 0 aliphatic rings. The quantitative estimate of drug-likeness (QED) is 0.410. The number of hydrogen-bond acceptors (Lipinski definition) is 4. The van der Waals surface area contributed by atoms with E-state index in [9.17, 15) is 0 Å². The zero-order valence-electron chi connectivity index (χ0n) is 11.3. The lowest BCUT2D eigenvalue weighted by atomic mass is 10.1. The predicted molar refractivity (Wildman–Crippen MR) is 80.0 cm³/mol. The van der Waals surface area contributed by atoms with Gasteiger partial charge in [0.1, 0.15) is 5.75 Å². The molecule has 0 saturated carbocycles. The Labute approximate surface area is 114 Å². The van der Waals surface area contributed by atoms with Gasteiger partial charge in [-0.3, -0.25) is 11.3 Å². The predicted octanol–water partition coefficient (Wildman–Crippen LogP) is 2.60. The molecule has 0 radical (unpaired) electrons. The van der Waals surface area contributed by atoms with Crippen LogP contribution in [0.1, 0.15) is 25.3 Å². The van der Waals surface area contributed by atoms with Gasteiger partial charge in [-0.1, -0.05) is 19.1 Å². The number of ether oxygens (including phenoxy) is 1. The molecule has 0 amide bonds. The molecule has 102 valence electrons. The molecule has 3 nitrogen and oxygen atoms in total. The first-order chi connectivity index (χ1) is 8.80. The summed E-state index contributed by atoms with van der Waals surface area (Å²) < 4.78 is 5.15. The van der Waals surface area contributed by atoms with E-state index in [0.29, 0.717) is 6.04 Å². The second-order valence-electron chi connectivity index (χ2n) is 4.33. The van der Waals surface area contributed by atoms with E-state index in [0.717, 1.165) is 24.3 Å². The van der Waals surface area contributed by atoms with Crippen molar-refractivity contribution in [3.8, 4) is 5.75 Å². The Hall–Kier alpha value is -0.710. The van der Waals surface area contributed by atoms with E-state index in [4.69, 9.17) is 10.6 Å². The van der Waals surface area contributed by atoms with Crippen molar-refractivity contribution in [2.75, 3.05) is 18.6 Å². The van der Waals surface area contributed by atoms with Gasteiger partial charge in [-0.15, -0.1) is 0 Å². The summed E-state index contributed by atoms with van der Waals surface area (Å²) in [5.74, 6) is 8.78. The Kier molecular flexibility index (Phi) is 7.89. The first-order valence-electron chi connectivity index (χ1n) is 6.47. The number of benzene rings is 1. The monoisotopic (exact) mass is 268 g/mol. The lowest BCUT2D eigenvalue weighted by molar-refractivity contribution is 0.414. The van der Waals surface area contributed by atoms with Gasteiger partial charge in [0.15, 0.2) is 0 Å². The van der Waals surface area contributed by atoms with Crippen molar-refractivity contribution in [1.82, 2.24) is 5.43 Å². The average molecular weight is 268 g/mol. The van der Waals surface area contributed by atoms with Gasteiger partial charge in [0.25, 0.3) is 0 Å². The summed E-state index contributed by atoms with van der Waals surface area (Å²) in [4.78, 5) is 0.